The maximum absolute atomic E-state index is 11.7. The number of aromatic nitrogens is 2. The molecule has 0 amide bonds. The number of rotatable bonds is 3. The predicted molar refractivity (Wildman–Crippen MR) is 53.1 cm³/mol. The lowest BCUT2D eigenvalue weighted by atomic mass is 9.81. The van der Waals surface area contributed by atoms with Crippen molar-refractivity contribution in [1.82, 2.24) is 9.97 Å². The second kappa shape index (κ2) is 3.86. The average Bonchev–Trinajstić information content (AvgIpc) is 2.11. The highest BCUT2D eigenvalue weighted by Gasteiger charge is 2.21. The maximum Gasteiger partial charge on any atom is 0.181 e. The Morgan fingerprint density at radius 2 is 2.36 bits per heavy atom. The topological polar surface area (TPSA) is 42.9 Å². The number of hydrogen-bond donors (Lipinski definition) is 0. The SMILES string of the molecule is Cc1nccc(C(=O)CC2CCC2)n1. The monoisotopic (exact) mass is 190 g/mol. The minimum absolute atomic E-state index is 0.167. The summed E-state index contributed by atoms with van der Waals surface area (Å²) in [4.78, 5) is 19.8. The summed E-state index contributed by atoms with van der Waals surface area (Å²) >= 11 is 0. The fraction of sp³-hybridized carbons (Fsp3) is 0.545. The van der Waals surface area contributed by atoms with Gasteiger partial charge in [-0.1, -0.05) is 19.3 Å². The number of aryl methyl sites for hydroxylation is 1. The highest BCUT2D eigenvalue weighted by molar-refractivity contribution is 5.94. The first-order valence-electron chi connectivity index (χ1n) is 5.08. The zero-order valence-electron chi connectivity index (χ0n) is 8.36. The van der Waals surface area contributed by atoms with Crippen LogP contribution in [0.25, 0.3) is 0 Å². The molecule has 14 heavy (non-hydrogen) atoms. The molecule has 0 saturated heterocycles. The summed E-state index contributed by atoms with van der Waals surface area (Å²) in [6.45, 7) is 1.81. The van der Waals surface area contributed by atoms with E-state index in [1.807, 2.05) is 0 Å². The third-order valence-electron chi connectivity index (χ3n) is 2.76. The molecule has 0 radical (unpaired) electrons. The third-order valence-corrected chi connectivity index (χ3v) is 2.76. The quantitative estimate of drug-likeness (QED) is 0.686. The van der Waals surface area contributed by atoms with Gasteiger partial charge < -0.3 is 0 Å². The summed E-state index contributed by atoms with van der Waals surface area (Å²) in [5, 5.41) is 0. The standard InChI is InChI=1S/C11H14N2O/c1-8-12-6-5-10(13-8)11(14)7-9-3-2-4-9/h5-6,9H,2-4,7H2,1H3. The number of Topliss-reactive ketones (excluding diaryl/α,β-unsaturated/α-hetero) is 1. The number of carbonyl (C=O) groups is 1. The molecule has 74 valence electrons. The molecule has 1 aliphatic rings. The van der Waals surface area contributed by atoms with E-state index in [-0.39, 0.29) is 5.78 Å². The molecule has 3 heteroatoms. The van der Waals surface area contributed by atoms with Gasteiger partial charge in [-0.3, -0.25) is 4.79 Å². The molecule has 1 fully saturated rings. The number of hydrogen-bond acceptors (Lipinski definition) is 3. The van der Waals surface area contributed by atoms with Crippen LogP contribution in [-0.2, 0) is 0 Å². The number of nitrogens with zero attached hydrogens (tertiary/aromatic N) is 2. The first kappa shape index (κ1) is 9.31. The lowest BCUT2D eigenvalue weighted by Crippen LogP contribution is -2.16. The molecule has 1 heterocycles. The Hall–Kier alpha value is -1.25. The van der Waals surface area contributed by atoms with E-state index >= 15 is 0 Å². The Morgan fingerprint density at radius 3 is 2.93 bits per heavy atom. The molecular weight excluding hydrogens is 176 g/mol. The summed E-state index contributed by atoms with van der Waals surface area (Å²) in [7, 11) is 0. The van der Waals surface area contributed by atoms with Crippen molar-refractivity contribution in [2.45, 2.75) is 32.6 Å². The maximum atomic E-state index is 11.7. The van der Waals surface area contributed by atoms with Gasteiger partial charge in [-0.05, 0) is 18.9 Å². The van der Waals surface area contributed by atoms with Gasteiger partial charge in [-0.25, -0.2) is 9.97 Å². The molecule has 0 aliphatic heterocycles. The van der Waals surface area contributed by atoms with Crippen LogP contribution in [0.15, 0.2) is 12.3 Å². The molecule has 0 N–H and O–H groups in total. The molecule has 3 nitrogen and oxygen atoms in total. The van der Waals surface area contributed by atoms with Crippen molar-refractivity contribution in [3.8, 4) is 0 Å². The first-order valence-corrected chi connectivity index (χ1v) is 5.08. The van der Waals surface area contributed by atoms with Crippen LogP contribution >= 0.6 is 0 Å². The van der Waals surface area contributed by atoms with Crippen LogP contribution < -0.4 is 0 Å². The van der Waals surface area contributed by atoms with Crippen LogP contribution in [0.5, 0.6) is 0 Å². The van der Waals surface area contributed by atoms with Crippen LogP contribution in [0.2, 0.25) is 0 Å². The molecule has 0 aromatic carbocycles. The predicted octanol–water partition coefficient (Wildman–Crippen LogP) is 2.16. The Morgan fingerprint density at radius 1 is 1.57 bits per heavy atom. The fourth-order valence-electron chi connectivity index (χ4n) is 1.68. The lowest BCUT2D eigenvalue weighted by Gasteiger charge is -2.24. The van der Waals surface area contributed by atoms with Crippen molar-refractivity contribution in [1.29, 1.82) is 0 Å². The van der Waals surface area contributed by atoms with Crippen molar-refractivity contribution >= 4 is 5.78 Å². The van der Waals surface area contributed by atoms with Crippen molar-refractivity contribution in [3.63, 3.8) is 0 Å². The molecule has 1 aromatic heterocycles. The smallest absolute Gasteiger partial charge is 0.181 e. The molecule has 0 spiro atoms. The fourth-order valence-corrected chi connectivity index (χ4v) is 1.68. The molecule has 1 aromatic rings. The third kappa shape index (κ3) is 1.97. The summed E-state index contributed by atoms with van der Waals surface area (Å²) in [6.07, 6.45) is 6.00. The largest absolute Gasteiger partial charge is 0.292 e. The van der Waals surface area contributed by atoms with E-state index in [0.29, 0.717) is 23.9 Å². The Kier molecular flexibility index (Phi) is 2.57. The second-order valence-corrected chi connectivity index (χ2v) is 3.91. The molecule has 0 unspecified atom stereocenters. The number of ketones is 1. The van der Waals surface area contributed by atoms with Gasteiger partial charge in [0.05, 0.1) is 0 Å². The van der Waals surface area contributed by atoms with E-state index in [9.17, 15) is 4.79 Å². The minimum Gasteiger partial charge on any atom is -0.292 e. The van der Waals surface area contributed by atoms with Crippen LogP contribution in [0, 0.1) is 12.8 Å². The Balaban J connectivity index is 2.02. The summed E-state index contributed by atoms with van der Waals surface area (Å²) in [5.74, 6) is 1.45. The summed E-state index contributed by atoms with van der Waals surface area (Å²) in [6, 6.07) is 1.70. The number of carbonyl (C=O) groups excluding carboxylic acids is 1. The van der Waals surface area contributed by atoms with E-state index in [1.54, 1.807) is 19.2 Å². The molecular formula is C11H14N2O. The van der Waals surface area contributed by atoms with Gasteiger partial charge in [-0.2, -0.15) is 0 Å². The minimum atomic E-state index is 0.167. The van der Waals surface area contributed by atoms with Gasteiger partial charge in [0.2, 0.25) is 0 Å². The average molecular weight is 190 g/mol. The zero-order chi connectivity index (χ0) is 9.97. The highest BCUT2D eigenvalue weighted by Crippen LogP contribution is 2.30. The van der Waals surface area contributed by atoms with Gasteiger partial charge >= 0.3 is 0 Å². The zero-order valence-corrected chi connectivity index (χ0v) is 8.36. The lowest BCUT2D eigenvalue weighted by molar-refractivity contribution is 0.0931. The molecule has 1 saturated carbocycles. The normalized spacial score (nSPS) is 16.4. The van der Waals surface area contributed by atoms with Gasteiger partial charge in [0.25, 0.3) is 0 Å². The van der Waals surface area contributed by atoms with E-state index in [4.69, 9.17) is 0 Å². The van der Waals surface area contributed by atoms with Gasteiger partial charge in [-0.15, -0.1) is 0 Å². The highest BCUT2D eigenvalue weighted by atomic mass is 16.1. The summed E-state index contributed by atoms with van der Waals surface area (Å²) in [5.41, 5.74) is 0.574. The van der Waals surface area contributed by atoms with Crippen LogP contribution in [0.4, 0.5) is 0 Å². The Labute approximate surface area is 83.6 Å². The van der Waals surface area contributed by atoms with Crippen LogP contribution in [-0.4, -0.2) is 15.8 Å². The van der Waals surface area contributed by atoms with Crippen molar-refractivity contribution in [2.24, 2.45) is 5.92 Å². The second-order valence-electron chi connectivity index (χ2n) is 3.91. The van der Waals surface area contributed by atoms with Crippen LogP contribution in [0.3, 0.4) is 0 Å². The van der Waals surface area contributed by atoms with Crippen molar-refractivity contribution in [2.75, 3.05) is 0 Å². The van der Waals surface area contributed by atoms with E-state index in [0.717, 1.165) is 0 Å². The van der Waals surface area contributed by atoms with Gasteiger partial charge in [0.1, 0.15) is 11.5 Å². The van der Waals surface area contributed by atoms with Gasteiger partial charge in [0.15, 0.2) is 5.78 Å². The molecule has 1 aliphatic carbocycles. The van der Waals surface area contributed by atoms with Crippen molar-refractivity contribution < 1.29 is 4.79 Å². The van der Waals surface area contributed by atoms with Crippen LogP contribution in [0.1, 0.15) is 42.0 Å². The van der Waals surface area contributed by atoms with E-state index in [2.05, 4.69) is 9.97 Å². The van der Waals surface area contributed by atoms with Gasteiger partial charge in [0, 0.05) is 12.6 Å². The molecule has 2 rings (SSSR count). The molecule has 0 bridgehead atoms. The van der Waals surface area contributed by atoms with E-state index < -0.39 is 0 Å². The van der Waals surface area contributed by atoms with Crippen molar-refractivity contribution in [3.05, 3.63) is 23.8 Å². The van der Waals surface area contributed by atoms with E-state index in [1.165, 1.54) is 19.3 Å². The first-order chi connectivity index (χ1) is 6.75. The summed E-state index contributed by atoms with van der Waals surface area (Å²) < 4.78 is 0. The Bertz CT molecular complexity index is 345. The molecule has 0 atom stereocenters.